The minimum atomic E-state index is 0.532. The van der Waals surface area contributed by atoms with Crippen molar-refractivity contribution in [1.82, 2.24) is 20.4 Å². The highest BCUT2D eigenvalue weighted by atomic mass is 32.1. The van der Waals surface area contributed by atoms with Crippen molar-refractivity contribution in [3.05, 3.63) is 16.7 Å². The van der Waals surface area contributed by atoms with Crippen LogP contribution in [0.2, 0.25) is 0 Å². The van der Waals surface area contributed by atoms with Gasteiger partial charge in [-0.05, 0) is 31.8 Å². The van der Waals surface area contributed by atoms with E-state index in [-0.39, 0.29) is 0 Å². The van der Waals surface area contributed by atoms with Gasteiger partial charge in [0, 0.05) is 11.8 Å². The molecule has 1 aliphatic heterocycles. The number of hydrogen-bond donors (Lipinski definition) is 1. The van der Waals surface area contributed by atoms with Crippen LogP contribution >= 0.6 is 11.3 Å². The van der Waals surface area contributed by atoms with Gasteiger partial charge >= 0.3 is 0 Å². The van der Waals surface area contributed by atoms with Gasteiger partial charge in [0.25, 0.3) is 5.89 Å². The molecule has 2 aromatic rings. The number of rotatable bonds is 3. The lowest BCUT2D eigenvalue weighted by Gasteiger charge is -2.20. The quantitative estimate of drug-likeness (QED) is 0.899. The summed E-state index contributed by atoms with van der Waals surface area (Å²) >= 11 is 1.53. The number of nitrogens with one attached hydrogen (secondary N) is 1. The molecule has 90 valence electrons. The van der Waals surface area contributed by atoms with E-state index in [1.165, 1.54) is 24.2 Å². The van der Waals surface area contributed by atoms with Crippen molar-refractivity contribution in [2.24, 2.45) is 5.92 Å². The third-order valence-electron chi connectivity index (χ3n) is 2.99. The molecule has 1 fully saturated rings. The second kappa shape index (κ2) is 4.93. The van der Waals surface area contributed by atoms with Gasteiger partial charge in [-0.2, -0.15) is 4.98 Å². The van der Waals surface area contributed by atoms with Crippen molar-refractivity contribution in [2.75, 3.05) is 13.1 Å². The zero-order valence-corrected chi connectivity index (χ0v) is 10.2. The Morgan fingerprint density at radius 1 is 1.53 bits per heavy atom. The highest BCUT2D eigenvalue weighted by Crippen LogP contribution is 2.19. The molecule has 3 heterocycles. The van der Waals surface area contributed by atoms with Crippen LogP contribution in [-0.4, -0.2) is 28.2 Å². The van der Waals surface area contributed by atoms with Crippen LogP contribution in [-0.2, 0) is 6.42 Å². The molecule has 0 spiro atoms. The van der Waals surface area contributed by atoms with Crippen LogP contribution in [0, 0.1) is 5.92 Å². The van der Waals surface area contributed by atoms with Crippen LogP contribution in [0.1, 0.15) is 18.7 Å². The van der Waals surface area contributed by atoms with Crippen molar-refractivity contribution in [3.8, 4) is 11.6 Å². The first kappa shape index (κ1) is 10.9. The molecule has 0 saturated carbocycles. The van der Waals surface area contributed by atoms with Crippen molar-refractivity contribution in [3.63, 3.8) is 0 Å². The fourth-order valence-corrected chi connectivity index (χ4v) is 2.64. The van der Waals surface area contributed by atoms with Gasteiger partial charge in [-0.25, -0.2) is 4.98 Å². The number of thiazole rings is 1. The van der Waals surface area contributed by atoms with E-state index in [9.17, 15) is 0 Å². The maximum Gasteiger partial charge on any atom is 0.277 e. The second-order valence-electron chi connectivity index (χ2n) is 4.31. The summed E-state index contributed by atoms with van der Waals surface area (Å²) in [5.41, 5.74) is 2.54. The summed E-state index contributed by atoms with van der Waals surface area (Å²) in [6.45, 7) is 2.19. The van der Waals surface area contributed by atoms with Gasteiger partial charge in [-0.1, -0.05) is 5.16 Å². The summed E-state index contributed by atoms with van der Waals surface area (Å²) in [4.78, 5) is 8.54. The summed E-state index contributed by atoms with van der Waals surface area (Å²) in [5.74, 6) is 1.95. The van der Waals surface area contributed by atoms with Crippen LogP contribution in [0.3, 0.4) is 0 Å². The van der Waals surface area contributed by atoms with E-state index in [1.54, 1.807) is 5.51 Å². The molecular formula is C11H14N4OS. The van der Waals surface area contributed by atoms with E-state index in [4.69, 9.17) is 4.52 Å². The maximum atomic E-state index is 5.21. The minimum absolute atomic E-state index is 0.532. The summed E-state index contributed by atoms with van der Waals surface area (Å²) in [6, 6.07) is 0. The fourth-order valence-electron chi connectivity index (χ4n) is 2.12. The van der Waals surface area contributed by atoms with E-state index in [2.05, 4.69) is 20.4 Å². The molecular weight excluding hydrogens is 236 g/mol. The third-order valence-corrected chi connectivity index (χ3v) is 3.58. The molecule has 17 heavy (non-hydrogen) atoms. The third kappa shape index (κ3) is 2.53. The Morgan fingerprint density at radius 2 is 2.53 bits per heavy atom. The van der Waals surface area contributed by atoms with Gasteiger partial charge in [0.05, 0.1) is 5.51 Å². The molecule has 0 aromatic carbocycles. The minimum Gasteiger partial charge on any atom is -0.332 e. The monoisotopic (exact) mass is 250 g/mol. The van der Waals surface area contributed by atoms with Crippen LogP contribution in [0.15, 0.2) is 15.4 Å². The molecule has 6 heteroatoms. The first-order valence-corrected chi connectivity index (χ1v) is 6.78. The lowest BCUT2D eigenvalue weighted by atomic mass is 9.96. The SMILES string of the molecule is c1nc(-c2nc(CC3CCCNC3)no2)cs1. The number of nitrogens with zero attached hydrogens (tertiary/aromatic N) is 3. The molecule has 5 nitrogen and oxygen atoms in total. The lowest BCUT2D eigenvalue weighted by molar-refractivity contribution is 0.359. The Bertz CT molecular complexity index is 462. The van der Waals surface area contributed by atoms with E-state index < -0.39 is 0 Å². The normalized spacial score (nSPS) is 20.6. The molecule has 0 bridgehead atoms. The van der Waals surface area contributed by atoms with Crippen LogP contribution in [0.5, 0.6) is 0 Å². The van der Waals surface area contributed by atoms with Gasteiger partial charge in [0.2, 0.25) is 0 Å². The van der Waals surface area contributed by atoms with Crippen molar-refractivity contribution < 1.29 is 4.52 Å². The molecule has 1 N–H and O–H groups in total. The first-order chi connectivity index (χ1) is 8.42. The Labute approximate surface area is 103 Å². The molecule has 0 aliphatic carbocycles. The number of hydrogen-bond acceptors (Lipinski definition) is 6. The van der Waals surface area contributed by atoms with Crippen LogP contribution in [0.4, 0.5) is 0 Å². The zero-order chi connectivity index (χ0) is 11.5. The molecule has 0 radical (unpaired) electrons. The Hall–Kier alpha value is -1.27. The number of aromatic nitrogens is 3. The van der Waals surface area contributed by atoms with Crippen molar-refractivity contribution in [1.29, 1.82) is 0 Å². The van der Waals surface area contributed by atoms with Crippen LogP contribution < -0.4 is 5.32 Å². The van der Waals surface area contributed by atoms with Gasteiger partial charge in [-0.3, -0.25) is 0 Å². The summed E-state index contributed by atoms with van der Waals surface area (Å²) < 4.78 is 5.21. The van der Waals surface area contributed by atoms with Gasteiger partial charge in [-0.15, -0.1) is 11.3 Å². The maximum absolute atomic E-state index is 5.21. The summed E-state index contributed by atoms with van der Waals surface area (Å²) in [7, 11) is 0. The van der Waals surface area contributed by atoms with E-state index in [0.29, 0.717) is 11.8 Å². The molecule has 1 aliphatic rings. The number of piperidine rings is 1. The Kier molecular flexibility index (Phi) is 3.15. The molecule has 3 rings (SSSR count). The van der Waals surface area contributed by atoms with Crippen molar-refractivity contribution >= 4 is 11.3 Å². The van der Waals surface area contributed by atoms with Crippen LogP contribution in [0.25, 0.3) is 11.6 Å². The highest BCUT2D eigenvalue weighted by molar-refractivity contribution is 7.07. The molecule has 1 atom stereocenters. The average Bonchev–Trinajstić information content (AvgIpc) is 3.00. The predicted molar refractivity (Wildman–Crippen MR) is 64.7 cm³/mol. The topological polar surface area (TPSA) is 63.8 Å². The summed E-state index contributed by atoms with van der Waals surface area (Å²) in [5, 5.41) is 9.33. The molecule has 1 saturated heterocycles. The van der Waals surface area contributed by atoms with Gasteiger partial charge in [0.15, 0.2) is 5.82 Å². The van der Waals surface area contributed by atoms with E-state index >= 15 is 0 Å². The van der Waals surface area contributed by atoms with E-state index in [1.807, 2.05) is 5.38 Å². The highest BCUT2D eigenvalue weighted by Gasteiger charge is 2.17. The fraction of sp³-hybridized carbons (Fsp3) is 0.545. The second-order valence-corrected chi connectivity index (χ2v) is 5.02. The standard InChI is InChI=1S/C11H14N4OS/c1-2-8(5-12-3-1)4-10-14-11(16-15-10)9-6-17-7-13-9/h6-8,12H,1-5H2. The Morgan fingerprint density at radius 3 is 3.29 bits per heavy atom. The zero-order valence-electron chi connectivity index (χ0n) is 9.43. The van der Waals surface area contributed by atoms with Gasteiger partial charge < -0.3 is 9.84 Å². The first-order valence-electron chi connectivity index (χ1n) is 5.83. The lowest BCUT2D eigenvalue weighted by Crippen LogP contribution is -2.31. The largest absolute Gasteiger partial charge is 0.332 e. The average molecular weight is 250 g/mol. The Balaban J connectivity index is 1.68. The van der Waals surface area contributed by atoms with Gasteiger partial charge in [0.1, 0.15) is 5.69 Å². The molecule has 1 unspecified atom stereocenters. The summed E-state index contributed by atoms with van der Waals surface area (Å²) in [6.07, 6.45) is 3.37. The van der Waals surface area contributed by atoms with Crippen molar-refractivity contribution in [2.45, 2.75) is 19.3 Å². The van der Waals surface area contributed by atoms with E-state index in [0.717, 1.165) is 31.0 Å². The smallest absolute Gasteiger partial charge is 0.277 e. The molecule has 2 aromatic heterocycles. The predicted octanol–water partition coefficient (Wildman–Crippen LogP) is 1.74. The molecule has 0 amide bonds.